The zero-order chi connectivity index (χ0) is 30.9. The molecule has 0 nitrogen and oxygen atoms in total. The van der Waals surface area contributed by atoms with E-state index in [2.05, 4.69) is 132 Å². The maximum atomic E-state index is 5.15. The van der Waals surface area contributed by atoms with Crippen molar-refractivity contribution in [1.82, 2.24) is 0 Å². The molecule has 4 aromatic rings. The van der Waals surface area contributed by atoms with E-state index in [0.29, 0.717) is 0 Å². The average Bonchev–Trinajstić information content (AvgIpc) is 2.84. The van der Waals surface area contributed by atoms with Gasteiger partial charge in [0.2, 0.25) is 0 Å². The molecule has 0 aliphatic rings. The standard InChI is InChI=1S/4C9H12S.Sn/c4*1-6-4-7(2)9(10)8(3)5-6;/h4*4-5,10H,1-3H3;/q;;;;+4/p-4. The van der Waals surface area contributed by atoms with Crippen molar-refractivity contribution < 1.29 is 0 Å². The summed E-state index contributed by atoms with van der Waals surface area (Å²) in [6.45, 7) is 24.8. The summed E-state index contributed by atoms with van der Waals surface area (Å²) in [4.78, 5) is 4.02. The Hall–Kier alpha value is -1.44. The van der Waals surface area contributed by atoms with Crippen molar-refractivity contribution in [2.75, 3.05) is 0 Å². The molecule has 0 radical (unpaired) electrons. The van der Waals surface area contributed by atoms with Crippen molar-refractivity contribution in [1.29, 1.82) is 0 Å². The molecule has 0 spiro atoms. The third kappa shape index (κ3) is 13.2. The van der Waals surface area contributed by atoms with Gasteiger partial charge in [0.25, 0.3) is 0 Å². The first-order valence-electron chi connectivity index (χ1n) is 13.4. The van der Waals surface area contributed by atoms with E-state index in [9.17, 15) is 0 Å². The molecule has 4 rings (SSSR count). The monoisotopic (exact) mass is 724 g/mol. The molecule has 4 aromatic carbocycles. The summed E-state index contributed by atoms with van der Waals surface area (Å²) in [5.74, 6) is 0. The zero-order valence-electron chi connectivity index (χ0n) is 26.8. The van der Waals surface area contributed by atoms with Crippen molar-refractivity contribution in [3.63, 3.8) is 0 Å². The van der Waals surface area contributed by atoms with Crippen LogP contribution < -0.4 is 0 Å². The minimum Gasteiger partial charge on any atom is -0.779 e. The number of hydrogen-bond donors (Lipinski definition) is 0. The molecule has 0 bridgehead atoms. The van der Waals surface area contributed by atoms with Gasteiger partial charge in [-0.05, 0) is 83.1 Å². The first-order chi connectivity index (χ1) is 18.4. The van der Waals surface area contributed by atoms with Crippen LogP contribution in [0.1, 0.15) is 66.8 Å². The van der Waals surface area contributed by atoms with Crippen LogP contribution in [0.2, 0.25) is 0 Å². The van der Waals surface area contributed by atoms with Crippen LogP contribution in [-0.4, -0.2) is 23.9 Å². The van der Waals surface area contributed by atoms with Crippen LogP contribution in [0.25, 0.3) is 0 Å². The Morgan fingerprint density at radius 1 is 0.268 bits per heavy atom. The summed E-state index contributed by atoms with van der Waals surface area (Å²) in [6, 6.07) is 17.0. The molecule has 41 heavy (non-hydrogen) atoms. The van der Waals surface area contributed by atoms with Crippen LogP contribution in [0.5, 0.6) is 0 Å². The molecule has 0 unspecified atom stereocenters. The second kappa shape index (κ2) is 18.3. The van der Waals surface area contributed by atoms with Crippen molar-refractivity contribution in [3.05, 3.63) is 115 Å². The van der Waals surface area contributed by atoms with Gasteiger partial charge in [0, 0.05) is 0 Å². The Morgan fingerprint density at radius 2 is 0.366 bits per heavy atom. The summed E-state index contributed by atoms with van der Waals surface area (Å²) >= 11 is 20.6. The second-order valence-corrected chi connectivity index (χ2v) is 12.5. The number of hydrogen-bond acceptors (Lipinski definition) is 4. The van der Waals surface area contributed by atoms with Gasteiger partial charge >= 0.3 is 23.9 Å². The fraction of sp³-hybridized carbons (Fsp3) is 0.333. The van der Waals surface area contributed by atoms with E-state index < -0.39 is 0 Å². The van der Waals surface area contributed by atoms with Crippen LogP contribution in [0.3, 0.4) is 0 Å². The molecule has 0 atom stereocenters. The predicted octanol–water partition coefficient (Wildman–Crippen LogP) is 9.69. The van der Waals surface area contributed by atoms with E-state index in [1.807, 2.05) is 0 Å². The largest absolute Gasteiger partial charge is 4.00 e. The summed E-state index contributed by atoms with van der Waals surface area (Å²) in [5, 5.41) is 0. The fourth-order valence-electron chi connectivity index (χ4n) is 4.67. The Morgan fingerprint density at radius 3 is 0.463 bits per heavy atom. The topological polar surface area (TPSA) is 0 Å². The summed E-state index contributed by atoms with van der Waals surface area (Å²) in [5.41, 5.74) is 14.9. The molecule has 216 valence electrons. The van der Waals surface area contributed by atoms with Crippen molar-refractivity contribution in [2.24, 2.45) is 0 Å². The minimum absolute atomic E-state index is 0. The van der Waals surface area contributed by atoms with Gasteiger partial charge < -0.3 is 50.5 Å². The molecule has 5 heteroatoms. The molecule has 0 saturated heterocycles. The fourth-order valence-corrected chi connectivity index (χ4v) is 5.14. The Balaban J connectivity index is 0.000000516. The first-order valence-corrected chi connectivity index (χ1v) is 15.1. The van der Waals surface area contributed by atoms with Gasteiger partial charge in [-0.15, -0.1) is 0 Å². The Kier molecular flexibility index (Phi) is 17.6. The molecule has 0 aliphatic carbocycles. The van der Waals surface area contributed by atoms with E-state index in [1.54, 1.807) is 0 Å². The van der Waals surface area contributed by atoms with E-state index in [0.717, 1.165) is 19.6 Å². The van der Waals surface area contributed by atoms with Crippen molar-refractivity contribution in [2.45, 2.75) is 103 Å². The maximum absolute atomic E-state index is 5.15. The van der Waals surface area contributed by atoms with Crippen LogP contribution in [-0.2, 0) is 50.5 Å². The van der Waals surface area contributed by atoms with Gasteiger partial charge in [-0.1, -0.05) is 115 Å². The summed E-state index contributed by atoms with van der Waals surface area (Å²) in [7, 11) is 0. The quantitative estimate of drug-likeness (QED) is 0.131. The number of rotatable bonds is 0. The number of benzene rings is 4. The zero-order valence-corrected chi connectivity index (χ0v) is 32.9. The van der Waals surface area contributed by atoms with Crippen molar-refractivity contribution in [3.8, 4) is 0 Å². The summed E-state index contributed by atoms with van der Waals surface area (Å²) < 4.78 is 0. The molecular formula is C36H44S4Sn. The molecule has 0 N–H and O–H groups in total. The van der Waals surface area contributed by atoms with E-state index in [-0.39, 0.29) is 23.9 Å². The average molecular weight is 724 g/mol. The second-order valence-electron chi connectivity index (χ2n) is 10.9. The first kappa shape index (κ1) is 39.6. The van der Waals surface area contributed by atoms with Crippen molar-refractivity contribution >= 4 is 74.4 Å². The van der Waals surface area contributed by atoms with Crippen LogP contribution in [0, 0.1) is 83.1 Å². The smallest absolute Gasteiger partial charge is 0.779 e. The molecule has 0 heterocycles. The van der Waals surface area contributed by atoms with Crippen LogP contribution in [0.15, 0.2) is 68.1 Å². The Bertz CT molecular complexity index is 1140. The van der Waals surface area contributed by atoms with Gasteiger partial charge in [-0.25, -0.2) is 0 Å². The van der Waals surface area contributed by atoms with Gasteiger partial charge in [-0.2, -0.15) is 19.6 Å². The van der Waals surface area contributed by atoms with Gasteiger partial charge in [0.1, 0.15) is 0 Å². The molecular weight excluding hydrogens is 679 g/mol. The van der Waals surface area contributed by atoms with Gasteiger partial charge in [-0.3, -0.25) is 0 Å². The van der Waals surface area contributed by atoms with Crippen LogP contribution in [0.4, 0.5) is 0 Å². The normalized spacial score (nSPS) is 9.66. The van der Waals surface area contributed by atoms with E-state index in [4.69, 9.17) is 50.5 Å². The molecule has 0 amide bonds. The molecule has 0 aliphatic heterocycles. The SMILES string of the molecule is Cc1cc(C)c([S-])c(C)c1.Cc1cc(C)c([S-])c(C)c1.Cc1cc(C)c([S-])c(C)c1.Cc1cc(C)c([S-])c(C)c1.[Sn+4]. The number of aryl methyl sites for hydroxylation is 12. The van der Waals surface area contributed by atoms with Crippen LogP contribution >= 0.6 is 0 Å². The third-order valence-electron chi connectivity index (χ3n) is 6.42. The van der Waals surface area contributed by atoms with E-state index >= 15 is 0 Å². The molecule has 0 fully saturated rings. The maximum Gasteiger partial charge on any atom is 4.00 e. The molecule has 0 aromatic heterocycles. The van der Waals surface area contributed by atoms with Gasteiger partial charge in [0.05, 0.1) is 0 Å². The Labute approximate surface area is 290 Å². The molecule has 0 saturated carbocycles. The summed E-state index contributed by atoms with van der Waals surface area (Å²) in [6.07, 6.45) is 0. The third-order valence-corrected chi connectivity index (χ3v) is 8.99. The minimum atomic E-state index is 0. The predicted molar refractivity (Wildman–Crippen MR) is 191 cm³/mol. The van der Waals surface area contributed by atoms with Gasteiger partial charge in [0.15, 0.2) is 0 Å². The van der Waals surface area contributed by atoms with E-state index in [1.165, 1.54) is 66.8 Å².